The van der Waals surface area contributed by atoms with Gasteiger partial charge in [-0.3, -0.25) is 10.1 Å². The van der Waals surface area contributed by atoms with Crippen molar-refractivity contribution in [3.05, 3.63) is 62.4 Å². The summed E-state index contributed by atoms with van der Waals surface area (Å²) >= 11 is 3.10. The average Bonchev–Trinajstić information content (AvgIpc) is 2.41. The molecule has 2 aromatic rings. The van der Waals surface area contributed by atoms with E-state index in [2.05, 4.69) is 21.2 Å². The summed E-state index contributed by atoms with van der Waals surface area (Å²) in [6, 6.07) is 7.54. The number of anilines is 2. The second-order valence-electron chi connectivity index (χ2n) is 4.04. The van der Waals surface area contributed by atoms with Gasteiger partial charge in [-0.25, -0.2) is 9.18 Å². The highest BCUT2D eigenvalue weighted by molar-refractivity contribution is 9.10. The van der Waals surface area contributed by atoms with Crippen molar-refractivity contribution >= 4 is 39.0 Å². The monoisotopic (exact) mass is 354 g/mol. The minimum Gasteiger partial charge on any atom is -0.478 e. The van der Waals surface area contributed by atoms with Crippen LogP contribution in [0.1, 0.15) is 10.4 Å². The Hall–Kier alpha value is -2.48. The van der Waals surface area contributed by atoms with E-state index in [4.69, 9.17) is 5.11 Å². The number of rotatable bonds is 4. The van der Waals surface area contributed by atoms with Crippen LogP contribution in [0.15, 0.2) is 40.9 Å². The Morgan fingerprint density at radius 3 is 2.48 bits per heavy atom. The van der Waals surface area contributed by atoms with Gasteiger partial charge in [-0.15, -0.1) is 0 Å². The van der Waals surface area contributed by atoms with Crippen molar-refractivity contribution in [3.8, 4) is 0 Å². The van der Waals surface area contributed by atoms with E-state index in [9.17, 15) is 19.3 Å². The number of hydrogen-bond donors (Lipinski definition) is 2. The molecule has 21 heavy (non-hydrogen) atoms. The Balaban J connectivity index is 2.44. The molecule has 2 aromatic carbocycles. The molecule has 0 spiro atoms. The number of benzene rings is 2. The van der Waals surface area contributed by atoms with Crippen LogP contribution < -0.4 is 5.32 Å². The molecule has 8 heteroatoms. The van der Waals surface area contributed by atoms with E-state index < -0.39 is 22.4 Å². The lowest BCUT2D eigenvalue weighted by atomic mass is 10.1. The van der Waals surface area contributed by atoms with E-state index in [-0.39, 0.29) is 16.9 Å². The minimum atomic E-state index is -1.28. The molecule has 0 radical (unpaired) electrons. The van der Waals surface area contributed by atoms with Gasteiger partial charge in [0.05, 0.1) is 16.2 Å². The van der Waals surface area contributed by atoms with Crippen LogP contribution >= 0.6 is 15.9 Å². The maximum Gasteiger partial charge on any atom is 0.335 e. The SMILES string of the molecule is O=C(O)c1ccc(Nc2ccc(Br)cc2F)c([N+](=O)[O-])c1. The van der Waals surface area contributed by atoms with Crippen molar-refractivity contribution in [1.29, 1.82) is 0 Å². The highest BCUT2D eigenvalue weighted by Gasteiger charge is 2.18. The van der Waals surface area contributed by atoms with Gasteiger partial charge in [-0.05, 0) is 30.3 Å². The number of nitro benzene ring substituents is 1. The van der Waals surface area contributed by atoms with Crippen LogP contribution in [0.3, 0.4) is 0 Å². The zero-order valence-corrected chi connectivity index (χ0v) is 11.9. The summed E-state index contributed by atoms with van der Waals surface area (Å²) in [6.07, 6.45) is 0. The fourth-order valence-electron chi connectivity index (χ4n) is 1.66. The summed E-state index contributed by atoms with van der Waals surface area (Å²) in [6.45, 7) is 0. The molecular formula is C13H8BrFN2O4. The predicted molar refractivity (Wildman–Crippen MR) is 77.4 cm³/mol. The quantitative estimate of drug-likeness (QED) is 0.640. The number of aromatic carboxylic acids is 1. The van der Waals surface area contributed by atoms with Crippen LogP contribution in [0.25, 0.3) is 0 Å². The van der Waals surface area contributed by atoms with Crippen LogP contribution in [-0.2, 0) is 0 Å². The molecule has 2 rings (SSSR count). The molecule has 0 saturated carbocycles. The van der Waals surface area contributed by atoms with Crippen LogP contribution in [0.5, 0.6) is 0 Å². The van der Waals surface area contributed by atoms with E-state index in [1.807, 2.05) is 0 Å². The summed E-state index contributed by atoms with van der Waals surface area (Å²) in [4.78, 5) is 21.1. The van der Waals surface area contributed by atoms with Crippen molar-refractivity contribution in [2.45, 2.75) is 0 Å². The molecule has 6 nitrogen and oxygen atoms in total. The first-order chi connectivity index (χ1) is 9.88. The zero-order valence-electron chi connectivity index (χ0n) is 10.3. The first-order valence-corrected chi connectivity index (χ1v) is 6.41. The summed E-state index contributed by atoms with van der Waals surface area (Å²) < 4.78 is 14.2. The third kappa shape index (κ3) is 3.34. The summed E-state index contributed by atoms with van der Waals surface area (Å²) in [7, 11) is 0. The lowest BCUT2D eigenvalue weighted by molar-refractivity contribution is -0.383. The molecule has 0 unspecified atom stereocenters. The first-order valence-electron chi connectivity index (χ1n) is 5.62. The predicted octanol–water partition coefficient (Wildman–Crippen LogP) is 3.94. The molecule has 0 fully saturated rings. The van der Waals surface area contributed by atoms with E-state index >= 15 is 0 Å². The van der Waals surface area contributed by atoms with E-state index in [1.54, 1.807) is 6.07 Å². The highest BCUT2D eigenvalue weighted by Crippen LogP contribution is 2.30. The van der Waals surface area contributed by atoms with Crippen LogP contribution in [-0.4, -0.2) is 16.0 Å². The van der Waals surface area contributed by atoms with Gasteiger partial charge in [0.1, 0.15) is 11.5 Å². The largest absolute Gasteiger partial charge is 0.478 e. The van der Waals surface area contributed by atoms with E-state index in [0.717, 1.165) is 6.07 Å². The van der Waals surface area contributed by atoms with Gasteiger partial charge in [-0.1, -0.05) is 15.9 Å². The molecule has 0 aliphatic rings. The second-order valence-corrected chi connectivity index (χ2v) is 4.96. The molecular weight excluding hydrogens is 347 g/mol. The Kier molecular flexibility index (Phi) is 4.18. The number of nitrogens with zero attached hydrogens (tertiary/aromatic N) is 1. The van der Waals surface area contributed by atoms with Crippen molar-refractivity contribution in [3.63, 3.8) is 0 Å². The van der Waals surface area contributed by atoms with Crippen LogP contribution in [0, 0.1) is 15.9 Å². The van der Waals surface area contributed by atoms with Gasteiger partial charge >= 0.3 is 5.97 Å². The molecule has 2 N–H and O–H groups in total. The average molecular weight is 355 g/mol. The standard InChI is InChI=1S/C13H8BrFN2O4/c14-8-2-4-10(9(15)6-8)16-11-3-1-7(13(18)19)5-12(11)17(20)21/h1-6,16H,(H,18,19). The van der Waals surface area contributed by atoms with Gasteiger partial charge in [-0.2, -0.15) is 0 Å². The smallest absolute Gasteiger partial charge is 0.335 e. The summed E-state index contributed by atoms with van der Waals surface area (Å²) in [5.74, 6) is -1.87. The molecule has 0 saturated heterocycles. The molecule has 0 heterocycles. The lowest BCUT2D eigenvalue weighted by Crippen LogP contribution is -2.02. The Morgan fingerprint density at radius 2 is 1.90 bits per heavy atom. The highest BCUT2D eigenvalue weighted by atomic mass is 79.9. The first kappa shape index (κ1) is 14.9. The van der Waals surface area contributed by atoms with Crippen molar-refractivity contribution in [1.82, 2.24) is 0 Å². The van der Waals surface area contributed by atoms with Gasteiger partial charge in [0.15, 0.2) is 0 Å². The third-order valence-electron chi connectivity index (χ3n) is 2.64. The number of hydrogen-bond acceptors (Lipinski definition) is 4. The van der Waals surface area contributed by atoms with Gasteiger partial charge < -0.3 is 10.4 Å². The molecule has 0 aliphatic carbocycles. The fourth-order valence-corrected chi connectivity index (χ4v) is 1.99. The topological polar surface area (TPSA) is 92.5 Å². The zero-order chi connectivity index (χ0) is 15.6. The molecule has 108 valence electrons. The molecule has 0 atom stereocenters. The van der Waals surface area contributed by atoms with E-state index in [1.165, 1.54) is 24.3 Å². The Labute approximate surface area is 126 Å². The number of nitrogens with one attached hydrogen (secondary N) is 1. The number of halogens is 2. The van der Waals surface area contributed by atoms with Gasteiger partial charge in [0, 0.05) is 10.5 Å². The third-order valence-corrected chi connectivity index (χ3v) is 3.14. The molecule has 0 amide bonds. The normalized spacial score (nSPS) is 10.2. The fraction of sp³-hybridized carbons (Fsp3) is 0. The Morgan fingerprint density at radius 1 is 1.24 bits per heavy atom. The summed E-state index contributed by atoms with van der Waals surface area (Å²) in [5, 5.41) is 22.4. The maximum atomic E-state index is 13.7. The molecule has 0 aromatic heterocycles. The van der Waals surface area contributed by atoms with Crippen molar-refractivity contribution in [2.75, 3.05) is 5.32 Å². The Bertz CT molecular complexity index is 736. The molecule has 0 bridgehead atoms. The molecule has 0 aliphatic heterocycles. The number of carbonyl (C=O) groups is 1. The second kappa shape index (κ2) is 5.88. The van der Waals surface area contributed by atoms with Gasteiger partial charge in [0.2, 0.25) is 0 Å². The van der Waals surface area contributed by atoms with Crippen molar-refractivity contribution in [2.24, 2.45) is 0 Å². The summed E-state index contributed by atoms with van der Waals surface area (Å²) in [5.41, 5.74) is -0.614. The van der Waals surface area contributed by atoms with Crippen molar-refractivity contribution < 1.29 is 19.2 Å². The van der Waals surface area contributed by atoms with Gasteiger partial charge in [0.25, 0.3) is 5.69 Å². The van der Waals surface area contributed by atoms with E-state index in [0.29, 0.717) is 4.47 Å². The van der Waals surface area contributed by atoms with Crippen LogP contribution in [0.2, 0.25) is 0 Å². The van der Waals surface area contributed by atoms with Crippen LogP contribution in [0.4, 0.5) is 21.5 Å². The number of nitro groups is 1. The minimum absolute atomic E-state index is 0.00576. The maximum absolute atomic E-state index is 13.7. The number of carboxylic acids is 1. The lowest BCUT2D eigenvalue weighted by Gasteiger charge is -2.09. The number of carboxylic acid groups (broad SMARTS) is 1.